The number of hydrogen-bond acceptors (Lipinski definition) is 4. The maximum absolute atomic E-state index is 9.90. The van der Waals surface area contributed by atoms with Crippen molar-refractivity contribution in [2.75, 3.05) is 0 Å². The summed E-state index contributed by atoms with van der Waals surface area (Å²) in [5.41, 5.74) is 11.4. The van der Waals surface area contributed by atoms with Crippen molar-refractivity contribution >= 4 is 0 Å². The van der Waals surface area contributed by atoms with E-state index in [-0.39, 0.29) is 49.9 Å². The zero-order valence-electron chi connectivity index (χ0n) is 35.6. The summed E-state index contributed by atoms with van der Waals surface area (Å²) in [4.78, 5) is 0. The number of aliphatic hydroxyl groups excluding tert-OH is 1. The molecule has 4 heteroatoms. The Morgan fingerprint density at radius 2 is 1.45 bits per heavy atom. The van der Waals surface area contributed by atoms with Crippen LogP contribution in [0.1, 0.15) is 171 Å². The summed E-state index contributed by atoms with van der Waals surface area (Å²) in [7, 11) is 0. The summed E-state index contributed by atoms with van der Waals surface area (Å²) in [5.74, 6) is 5.19. The van der Waals surface area contributed by atoms with Gasteiger partial charge in [0, 0.05) is 35.5 Å². The third-order valence-corrected chi connectivity index (χ3v) is 19.0. The Kier molecular flexibility index (Phi) is 9.85. The minimum atomic E-state index is -0.204. The number of hydrogen-bond donors (Lipinski definition) is 3. The van der Waals surface area contributed by atoms with Crippen LogP contribution in [0.4, 0.5) is 0 Å². The lowest BCUT2D eigenvalue weighted by Gasteiger charge is -2.76. The minimum Gasteiger partial charge on any atom is -0.513 e. The molecule has 7 aliphatic carbocycles. The van der Waals surface area contributed by atoms with Crippen LogP contribution < -0.4 is 11.1 Å². The SMILES string of the molecule is C=C(O)CC(C)(C)CC(=C)OC1CC[C@]2(C)[C@H]3CCC4(N)[C@H]5[C@H](C(=C)C)CC[C@]5(CC(=C)NC5CC6CCC(C6)C5)CC[C@@]4(C)[C@]3(C)CC[C@H]2C1(C)C. The number of nitrogens with two attached hydrogens (primary N) is 1. The second-order valence-electron chi connectivity index (χ2n) is 23.0. The summed E-state index contributed by atoms with van der Waals surface area (Å²) < 4.78 is 6.84. The first kappa shape index (κ1) is 39.6. The molecule has 0 aromatic rings. The third kappa shape index (κ3) is 6.23. The molecule has 0 saturated heterocycles. The molecule has 4 N–H and O–H groups in total. The Bertz CT molecular complexity index is 1480. The van der Waals surface area contributed by atoms with Crippen LogP contribution in [0.15, 0.2) is 49.1 Å². The van der Waals surface area contributed by atoms with Crippen LogP contribution in [0.5, 0.6) is 0 Å². The number of rotatable bonds is 11. The van der Waals surface area contributed by atoms with Gasteiger partial charge in [0.2, 0.25) is 0 Å². The van der Waals surface area contributed by atoms with Gasteiger partial charge < -0.3 is 20.9 Å². The molecule has 7 saturated carbocycles. The van der Waals surface area contributed by atoms with Gasteiger partial charge in [-0.15, -0.1) is 0 Å². The lowest BCUT2D eigenvalue weighted by atomic mass is 9.30. The highest BCUT2D eigenvalue weighted by Crippen LogP contribution is 2.78. The molecule has 7 aliphatic rings. The van der Waals surface area contributed by atoms with Crippen LogP contribution in [0, 0.1) is 68.0 Å². The molecule has 0 heterocycles. The fraction of sp³-hybridized carbons (Fsp3) is 0.837. The normalized spacial score (nSPS) is 47.0. The maximum Gasteiger partial charge on any atom is 0.104 e. The third-order valence-electron chi connectivity index (χ3n) is 19.0. The fourth-order valence-corrected chi connectivity index (χ4v) is 16.7. The van der Waals surface area contributed by atoms with E-state index in [1.807, 2.05) is 0 Å². The highest BCUT2D eigenvalue weighted by atomic mass is 16.5. The van der Waals surface area contributed by atoms with Crippen molar-refractivity contribution in [3.8, 4) is 0 Å². The summed E-state index contributed by atoms with van der Waals surface area (Å²) in [5, 5.41) is 14.0. The Morgan fingerprint density at radius 3 is 2.09 bits per heavy atom. The van der Waals surface area contributed by atoms with Crippen LogP contribution in [0.25, 0.3) is 0 Å². The van der Waals surface area contributed by atoms with E-state index in [0.717, 1.165) is 43.3 Å². The summed E-state index contributed by atoms with van der Waals surface area (Å²) in [6, 6.07) is 0.620. The van der Waals surface area contributed by atoms with Gasteiger partial charge in [-0.1, -0.05) is 93.2 Å². The molecule has 298 valence electrons. The van der Waals surface area contributed by atoms with Gasteiger partial charge in [0.25, 0.3) is 0 Å². The van der Waals surface area contributed by atoms with Gasteiger partial charge in [-0.2, -0.15) is 0 Å². The number of fused-ring (bicyclic) bond motifs is 9. The molecule has 7 rings (SSSR count). The Hall–Kier alpha value is -1.68. The van der Waals surface area contributed by atoms with Gasteiger partial charge >= 0.3 is 0 Å². The summed E-state index contributed by atoms with van der Waals surface area (Å²) >= 11 is 0. The van der Waals surface area contributed by atoms with Gasteiger partial charge in [0.15, 0.2) is 0 Å². The van der Waals surface area contributed by atoms with E-state index in [4.69, 9.17) is 17.0 Å². The standard InChI is InChI=1S/C49H80N2O2/c1-31(2)38-15-21-48(28-32(3)51-37-26-35-13-14-36(25-35)27-37)24-23-47(12)46(11)20-16-39-44(8,9)41(53-34(5)30-43(6,7)29-33(4)52)18-19-45(39,10)40(46)17-22-49(47,50)42(38)48/h35-42,51-52H,1,3-5,13-30,50H2,2,6-12H3/t35?,36?,37?,38-,39-,40+,41?,42-,45-,46+,47-,48+,49?/m0/s1. The molecule has 0 spiro atoms. The van der Waals surface area contributed by atoms with Gasteiger partial charge in [-0.25, -0.2) is 0 Å². The molecule has 0 aromatic carbocycles. The number of nitrogens with one attached hydrogen (secondary N) is 1. The Morgan fingerprint density at radius 1 is 0.792 bits per heavy atom. The number of allylic oxidation sites excluding steroid dienone is 4. The number of aliphatic hydroxyl groups is 1. The molecule has 7 fully saturated rings. The summed E-state index contributed by atoms with van der Waals surface area (Å²) in [6.45, 7) is 37.3. The van der Waals surface area contributed by atoms with Gasteiger partial charge in [-0.05, 0) is 159 Å². The quantitative estimate of drug-likeness (QED) is 0.146. The first-order valence-electron chi connectivity index (χ1n) is 22.2. The average molecular weight is 729 g/mol. The fourth-order valence-electron chi connectivity index (χ4n) is 16.7. The number of ether oxygens (including phenoxy) is 1. The second kappa shape index (κ2) is 13.2. The van der Waals surface area contributed by atoms with E-state index >= 15 is 0 Å². The van der Waals surface area contributed by atoms with Crippen LogP contribution in [0.3, 0.4) is 0 Å². The molecule has 53 heavy (non-hydrogen) atoms. The van der Waals surface area contributed by atoms with E-state index in [1.54, 1.807) is 0 Å². The smallest absolute Gasteiger partial charge is 0.104 e. The van der Waals surface area contributed by atoms with E-state index in [9.17, 15) is 5.11 Å². The van der Waals surface area contributed by atoms with Crippen molar-refractivity contribution in [3.63, 3.8) is 0 Å². The van der Waals surface area contributed by atoms with Gasteiger partial charge in [0.05, 0.1) is 11.5 Å². The molecule has 0 aromatic heterocycles. The Labute approximate surface area is 325 Å². The highest BCUT2D eigenvalue weighted by molar-refractivity contribution is 5.29. The summed E-state index contributed by atoms with van der Waals surface area (Å²) in [6.07, 6.45) is 21.8. The molecule has 4 unspecified atom stereocenters. The Balaban J connectivity index is 1.12. The second-order valence-corrected chi connectivity index (χ2v) is 23.0. The lowest BCUT2D eigenvalue weighted by Crippen LogP contribution is -2.76. The van der Waals surface area contributed by atoms with Crippen molar-refractivity contribution in [2.45, 2.75) is 189 Å². The van der Waals surface area contributed by atoms with Crippen molar-refractivity contribution in [3.05, 3.63) is 49.1 Å². The van der Waals surface area contributed by atoms with Gasteiger partial charge in [0.1, 0.15) is 6.10 Å². The van der Waals surface area contributed by atoms with Gasteiger partial charge in [-0.3, -0.25) is 0 Å². The zero-order chi connectivity index (χ0) is 38.6. The minimum absolute atomic E-state index is 0.0452. The molecular formula is C49H80N2O2. The molecule has 12 atom stereocenters. The predicted octanol–water partition coefficient (Wildman–Crippen LogP) is 12.6. The predicted molar refractivity (Wildman–Crippen MR) is 222 cm³/mol. The largest absolute Gasteiger partial charge is 0.513 e. The maximum atomic E-state index is 9.90. The van der Waals surface area contributed by atoms with Crippen molar-refractivity contribution in [2.24, 2.45) is 73.7 Å². The van der Waals surface area contributed by atoms with Crippen molar-refractivity contribution in [1.82, 2.24) is 5.32 Å². The van der Waals surface area contributed by atoms with Crippen molar-refractivity contribution in [1.29, 1.82) is 0 Å². The first-order chi connectivity index (χ1) is 24.6. The first-order valence-corrected chi connectivity index (χ1v) is 22.2. The van der Waals surface area contributed by atoms with Crippen LogP contribution in [0.2, 0.25) is 0 Å². The molecular weight excluding hydrogens is 649 g/mol. The van der Waals surface area contributed by atoms with E-state index in [2.05, 4.69) is 80.4 Å². The van der Waals surface area contributed by atoms with E-state index in [1.165, 1.54) is 94.7 Å². The lowest BCUT2D eigenvalue weighted by molar-refractivity contribution is -0.255. The topological polar surface area (TPSA) is 67.5 Å². The van der Waals surface area contributed by atoms with Crippen molar-refractivity contribution < 1.29 is 9.84 Å². The van der Waals surface area contributed by atoms with E-state index in [0.29, 0.717) is 36.1 Å². The average Bonchev–Trinajstić information content (AvgIpc) is 3.58. The molecule has 0 aliphatic heterocycles. The monoisotopic (exact) mass is 729 g/mol. The molecule has 2 bridgehead atoms. The molecule has 0 amide bonds. The van der Waals surface area contributed by atoms with Crippen LogP contribution in [-0.4, -0.2) is 22.8 Å². The molecule has 4 nitrogen and oxygen atoms in total. The van der Waals surface area contributed by atoms with Crippen LogP contribution >= 0.6 is 0 Å². The highest BCUT2D eigenvalue weighted by Gasteiger charge is 2.75. The van der Waals surface area contributed by atoms with Crippen LogP contribution in [-0.2, 0) is 4.74 Å². The molecule has 0 radical (unpaired) electrons. The zero-order valence-corrected chi connectivity index (χ0v) is 35.6. The van der Waals surface area contributed by atoms with E-state index < -0.39 is 0 Å².